The van der Waals surface area contributed by atoms with Crippen LogP contribution < -0.4 is 15.2 Å². The maximum Gasteiger partial charge on any atom is 0.422 e. The summed E-state index contributed by atoms with van der Waals surface area (Å²) in [6, 6.07) is 4.68. The van der Waals surface area contributed by atoms with Gasteiger partial charge < -0.3 is 10.1 Å². The van der Waals surface area contributed by atoms with Crippen LogP contribution in [-0.2, 0) is 16.6 Å². The van der Waals surface area contributed by atoms with Crippen LogP contribution in [0.25, 0.3) is 0 Å². The predicted molar refractivity (Wildman–Crippen MR) is 83.7 cm³/mol. The molecule has 0 saturated heterocycles. The van der Waals surface area contributed by atoms with Crippen LogP contribution in [0.1, 0.15) is 5.56 Å². The Bertz CT molecular complexity index is 862. The van der Waals surface area contributed by atoms with E-state index in [0.717, 1.165) is 18.2 Å². The van der Waals surface area contributed by atoms with Crippen LogP contribution in [0.15, 0.2) is 35.5 Å². The van der Waals surface area contributed by atoms with Crippen molar-refractivity contribution in [2.75, 3.05) is 11.9 Å². The monoisotopic (exact) mass is 396 g/mol. The first-order valence-corrected chi connectivity index (χ1v) is 8.54. The summed E-state index contributed by atoms with van der Waals surface area (Å²) in [4.78, 5) is 7.29. The number of benzene rings is 1. The molecule has 136 valence electrons. The summed E-state index contributed by atoms with van der Waals surface area (Å²) in [6.07, 6.45) is -3.35. The van der Waals surface area contributed by atoms with Gasteiger partial charge in [0.1, 0.15) is 23.0 Å². The lowest BCUT2D eigenvalue weighted by Crippen LogP contribution is -2.20. The summed E-state index contributed by atoms with van der Waals surface area (Å²) in [5.74, 6) is 0.153. The van der Waals surface area contributed by atoms with Crippen molar-refractivity contribution >= 4 is 27.4 Å². The quantitative estimate of drug-likeness (QED) is 0.726. The molecule has 2 rings (SSSR count). The number of hydrogen-bond donors (Lipinski definition) is 2. The molecule has 1 aromatic carbocycles. The second kappa shape index (κ2) is 7.42. The average Bonchev–Trinajstić information content (AvgIpc) is 2.49. The van der Waals surface area contributed by atoms with Crippen molar-refractivity contribution < 1.29 is 26.3 Å². The van der Waals surface area contributed by atoms with Crippen molar-refractivity contribution in [2.45, 2.75) is 17.6 Å². The van der Waals surface area contributed by atoms with E-state index >= 15 is 0 Å². The van der Waals surface area contributed by atoms with Gasteiger partial charge in [-0.25, -0.2) is 23.5 Å². The first-order chi connectivity index (χ1) is 11.5. The summed E-state index contributed by atoms with van der Waals surface area (Å²) in [5, 5.41) is 7.98. The maximum atomic E-state index is 12.3. The highest BCUT2D eigenvalue weighted by Gasteiger charge is 2.29. The van der Waals surface area contributed by atoms with Gasteiger partial charge in [0.25, 0.3) is 0 Å². The van der Waals surface area contributed by atoms with Crippen LogP contribution in [0, 0.1) is 0 Å². The van der Waals surface area contributed by atoms with Gasteiger partial charge in [-0.1, -0.05) is 11.6 Å². The van der Waals surface area contributed by atoms with Gasteiger partial charge in [0.2, 0.25) is 10.0 Å². The zero-order valence-corrected chi connectivity index (χ0v) is 14.0. The Hall–Kier alpha value is -2.11. The number of nitrogens with zero attached hydrogens (tertiary/aromatic N) is 2. The van der Waals surface area contributed by atoms with Crippen LogP contribution in [0.4, 0.5) is 19.0 Å². The number of primary sulfonamides is 1. The van der Waals surface area contributed by atoms with E-state index in [1.165, 1.54) is 12.4 Å². The molecule has 0 radical (unpaired) electrons. The number of nitrogens with one attached hydrogen (secondary N) is 1. The van der Waals surface area contributed by atoms with E-state index in [1.807, 2.05) is 0 Å². The number of anilines is 1. The van der Waals surface area contributed by atoms with E-state index in [2.05, 4.69) is 15.3 Å². The van der Waals surface area contributed by atoms with Crippen LogP contribution in [-0.4, -0.2) is 31.2 Å². The van der Waals surface area contributed by atoms with E-state index in [1.54, 1.807) is 0 Å². The van der Waals surface area contributed by atoms with E-state index in [4.69, 9.17) is 21.5 Å². The molecule has 0 aliphatic heterocycles. The molecule has 0 aliphatic rings. The fraction of sp³-hybridized carbons (Fsp3) is 0.231. The fourth-order valence-corrected chi connectivity index (χ4v) is 2.50. The maximum absolute atomic E-state index is 12.3. The highest BCUT2D eigenvalue weighted by Crippen LogP contribution is 2.25. The van der Waals surface area contributed by atoms with Crippen molar-refractivity contribution in [3.8, 4) is 5.75 Å². The Morgan fingerprint density at radius 3 is 2.56 bits per heavy atom. The highest BCUT2D eigenvalue weighted by atomic mass is 35.5. The van der Waals surface area contributed by atoms with Crippen LogP contribution in [0.5, 0.6) is 5.75 Å². The Kier molecular flexibility index (Phi) is 5.70. The molecule has 0 amide bonds. The Morgan fingerprint density at radius 2 is 1.96 bits per heavy atom. The van der Waals surface area contributed by atoms with Crippen molar-refractivity contribution in [3.63, 3.8) is 0 Å². The molecular weight excluding hydrogens is 385 g/mol. The number of nitrogens with two attached hydrogens (primary N) is 1. The third-order valence-corrected chi connectivity index (χ3v) is 3.96. The van der Waals surface area contributed by atoms with Crippen LogP contribution in [0.2, 0.25) is 5.15 Å². The SMILES string of the molecule is NS(=O)(=O)c1ccc(OCC(F)(F)F)c(CNc2cc(Cl)ncn2)c1. The molecule has 0 aliphatic carbocycles. The Balaban J connectivity index is 2.27. The number of rotatable bonds is 6. The predicted octanol–water partition coefficient (Wildman–Crippen LogP) is 2.33. The number of alkyl halides is 3. The van der Waals surface area contributed by atoms with Crippen molar-refractivity contribution in [2.24, 2.45) is 5.14 Å². The van der Waals surface area contributed by atoms with Gasteiger partial charge in [-0.15, -0.1) is 0 Å². The number of sulfonamides is 1. The van der Waals surface area contributed by atoms with E-state index < -0.39 is 22.8 Å². The molecule has 12 heteroatoms. The Labute approximate surface area is 146 Å². The lowest BCUT2D eigenvalue weighted by molar-refractivity contribution is -0.153. The molecule has 0 atom stereocenters. The molecule has 7 nitrogen and oxygen atoms in total. The van der Waals surface area contributed by atoms with Gasteiger partial charge in [0, 0.05) is 18.2 Å². The largest absolute Gasteiger partial charge is 0.484 e. The zero-order chi connectivity index (χ0) is 18.7. The van der Waals surface area contributed by atoms with Gasteiger partial charge in [-0.2, -0.15) is 13.2 Å². The van der Waals surface area contributed by atoms with Crippen LogP contribution in [0.3, 0.4) is 0 Å². The minimum Gasteiger partial charge on any atom is -0.484 e. The molecule has 25 heavy (non-hydrogen) atoms. The zero-order valence-electron chi connectivity index (χ0n) is 12.4. The van der Waals surface area contributed by atoms with Gasteiger partial charge >= 0.3 is 6.18 Å². The third kappa shape index (κ3) is 6.03. The topological polar surface area (TPSA) is 107 Å². The van der Waals surface area contributed by atoms with Crippen LogP contribution >= 0.6 is 11.6 Å². The average molecular weight is 397 g/mol. The van der Waals surface area contributed by atoms with Crippen molar-refractivity contribution in [1.82, 2.24) is 9.97 Å². The molecule has 1 aromatic heterocycles. The first kappa shape index (κ1) is 19.2. The van der Waals surface area contributed by atoms with E-state index in [9.17, 15) is 21.6 Å². The first-order valence-electron chi connectivity index (χ1n) is 6.61. The molecule has 0 fully saturated rings. The minimum atomic E-state index is -4.54. The summed E-state index contributed by atoms with van der Waals surface area (Å²) in [5.41, 5.74) is 0.144. The molecule has 0 unspecified atom stereocenters. The molecular formula is C13H12ClF3N4O3S. The van der Waals surface area contributed by atoms with Gasteiger partial charge in [0.05, 0.1) is 4.90 Å². The Morgan fingerprint density at radius 1 is 1.24 bits per heavy atom. The molecule has 0 saturated carbocycles. The summed E-state index contributed by atoms with van der Waals surface area (Å²) in [7, 11) is -4.03. The molecule has 3 N–H and O–H groups in total. The number of aromatic nitrogens is 2. The molecule has 0 bridgehead atoms. The van der Waals surface area contributed by atoms with Crippen molar-refractivity contribution in [3.05, 3.63) is 41.3 Å². The smallest absolute Gasteiger partial charge is 0.422 e. The normalized spacial score (nSPS) is 12.0. The lowest BCUT2D eigenvalue weighted by Gasteiger charge is -2.15. The number of ether oxygens (including phenoxy) is 1. The number of halogens is 4. The second-order valence-electron chi connectivity index (χ2n) is 4.80. The summed E-state index contributed by atoms with van der Waals surface area (Å²) in [6.45, 7) is -1.60. The van der Waals surface area contributed by atoms with Gasteiger partial charge in [-0.3, -0.25) is 0 Å². The van der Waals surface area contributed by atoms with E-state index in [-0.39, 0.29) is 27.9 Å². The number of hydrogen-bond acceptors (Lipinski definition) is 6. The van der Waals surface area contributed by atoms with E-state index in [0.29, 0.717) is 5.82 Å². The lowest BCUT2D eigenvalue weighted by atomic mass is 10.2. The summed E-state index contributed by atoms with van der Waals surface area (Å²) < 4.78 is 64.6. The van der Waals surface area contributed by atoms with Crippen molar-refractivity contribution in [1.29, 1.82) is 0 Å². The minimum absolute atomic E-state index is 0.0795. The highest BCUT2D eigenvalue weighted by molar-refractivity contribution is 7.89. The standard InChI is InChI=1S/C13H12ClF3N4O3S/c14-11-4-12(21-7-20-11)19-5-8-3-9(25(18,22)23)1-2-10(8)24-6-13(15,16)17/h1-4,7H,5-6H2,(H2,18,22,23)(H,19,20,21). The summed E-state index contributed by atoms with van der Waals surface area (Å²) >= 11 is 5.71. The molecule has 2 aromatic rings. The van der Waals surface area contributed by atoms with Gasteiger partial charge in [0.15, 0.2) is 6.61 Å². The molecule has 1 heterocycles. The third-order valence-electron chi connectivity index (χ3n) is 2.85. The fourth-order valence-electron chi connectivity index (χ4n) is 1.79. The van der Waals surface area contributed by atoms with Gasteiger partial charge in [-0.05, 0) is 18.2 Å². The molecule has 0 spiro atoms. The second-order valence-corrected chi connectivity index (χ2v) is 6.75.